The normalized spacial score (nSPS) is 10.5. The summed E-state index contributed by atoms with van der Waals surface area (Å²) in [7, 11) is 3.03. The van der Waals surface area contributed by atoms with Crippen molar-refractivity contribution in [2.75, 3.05) is 14.2 Å². The second kappa shape index (κ2) is 6.71. The van der Waals surface area contributed by atoms with Gasteiger partial charge in [-0.15, -0.1) is 0 Å². The van der Waals surface area contributed by atoms with E-state index in [4.69, 9.17) is 9.47 Å². The molecule has 0 aliphatic carbocycles. The van der Waals surface area contributed by atoms with E-state index < -0.39 is 11.6 Å². The number of ether oxygens (including phenoxy) is 2. The van der Waals surface area contributed by atoms with Crippen LogP contribution in [0.1, 0.15) is 0 Å². The maximum Gasteiger partial charge on any atom is 0.134 e. The minimum absolute atomic E-state index is 0.273. The summed E-state index contributed by atoms with van der Waals surface area (Å²) in [5, 5.41) is 0. The third-order valence-corrected chi connectivity index (χ3v) is 3.85. The Morgan fingerprint density at radius 2 is 1.00 bits per heavy atom. The molecule has 4 heteroatoms. The van der Waals surface area contributed by atoms with Crippen molar-refractivity contribution in [3.8, 4) is 33.8 Å². The number of hydrogen-bond acceptors (Lipinski definition) is 2. The number of halogens is 2. The molecule has 2 nitrogen and oxygen atoms in total. The van der Waals surface area contributed by atoms with Crippen molar-refractivity contribution in [2.45, 2.75) is 0 Å². The molecule has 0 spiro atoms. The molecule has 122 valence electrons. The minimum atomic E-state index is -0.643. The molecule has 3 rings (SSSR count). The maximum atomic E-state index is 14.4. The number of para-hydroxylation sites is 2. The van der Waals surface area contributed by atoms with Crippen molar-refractivity contribution in [3.63, 3.8) is 0 Å². The Hall–Kier alpha value is -2.88. The zero-order valence-corrected chi connectivity index (χ0v) is 13.3. The van der Waals surface area contributed by atoms with Gasteiger partial charge in [0, 0.05) is 28.3 Å². The first-order chi connectivity index (χ1) is 11.7. The lowest BCUT2D eigenvalue weighted by Gasteiger charge is -2.14. The van der Waals surface area contributed by atoms with E-state index in [0.29, 0.717) is 22.6 Å². The van der Waals surface area contributed by atoms with Crippen LogP contribution in [0.25, 0.3) is 22.3 Å². The van der Waals surface area contributed by atoms with Crippen molar-refractivity contribution < 1.29 is 18.3 Å². The summed E-state index contributed by atoms with van der Waals surface area (Å²) in [5.41, 5.74) is 1.67. The monoisotopic (exact) mass is 326 g/mol. The average Bonchev–Trinajstić information content (AvgIpc) is 2.62. The molecule has 0 fully saturated rings. The molecule has 0 atom stereocenters. The highest BCUT2D eigenvalue weighted by Gasteiger charge is 2.17. The van der Waals surface area contributed by atoms with E-state index in [2.05, 4.69) is 0 Å². The van der Waals surface area contributed by atoms with Crippen LogP contribution >= 0.6 is 0 Å². The van der Waals surface area contributed by atoms with E-state index in [9.17, 15) is 8.78 Å². The van der Waals surface area contributed by atoms with Crippen LogP contribution in [0.3, 0.4) is 0 Å². The highest BCUT2D eigenvalue weighted by atomic mass is 19.1. The summed E-state index contributed by atoms with van der Waals surface area (Å²) < 4.78 is 39.4. The fourth-order valence-electron chi connectivity index (χ4n) is 2.70. The van der Waals surface area contributed by atoms with Crippen molar-refractivity contribution in [2.24, 2.45) is 0 Å². The molecule has 0 saturated heterocycles. The molecular weight excluding hydrogens is 310 g/mol. The van der Waals surface area contributed by atoms with Crippen LogP contribution < -0.4 is 9.47 Å². The van der Waals surface area contributed by atoms with Crippen molar-refractivity contribution in [1.82, 2.24) is 0 Å². The van der Waals surface area contributed by atoms with E-state index >= 15 is 0 Å². The van der Waals surface area contributed by atoms with Crippen LogP contribution in [0.4, 0.5) is 8.78 Å². The van der Waals surface area contributed by atoms with Gasteiger partial charge in [-0.2, -0.15) is 0 Å². The lowest BCUT2D eigenvalue weighted by atomic mass is 9.97. The van der Waals surface area contributed by atoms with Crippen molar-refractivity contribution >= 4 is 0 Å². The summed E-state index contributed by atoms with van der Waals surface area (Å²) in [6, 6.07) is 16.5. The van der Waals surface area contributed by atoms with Gasteiger partial charge >= 0.3 is 0 Å². The molecule has 3 aromatic carbocycles. The van der Waals surface area contributed by atoms with E-state index in [-0.39, 0.29) is 11.1 Å². The van der Waals surface area contributed by atoms with E-state index in [1.165, 1.54) is 20.3 Å². The van der Waals surface area contributed by atoms with Gasteiger partial charge in [0.05, 0.1) is 14.2 Å². The van der Waals surface area contributed by atoms with Gasteiger partial charge in [0.1, 0.15) is 23.1 Å². The fourth-order valence-corrected chi connectivity index (χ4v) is 2.70. The molecule has 0 unspecified atom stereocenters. The van der Waals surface area contributed by atoms with Gasteiger partial charge in [-0.25, -0.2) is 8.78 Å². The Morgan fingerprint density at radius 1 is 0.583 bits per heavy atom. The summed E-state index contributed by atoms with van der Waals surface area (Å²) in [5.74, 6) is -0.241. The molecule has 0 heterocycles. The number of rotatable bonds is 4. The largest absolute Gasteiger partial charge is 0.496 e. The molecule has 0 saturated carbocycles. The molecule has 0 N–H and O–H groups in total. The van der Waals surface area contributed by atoms with Crippen molar-refractivity contribution in [3.05, 3.63) is 72.3 Å². The predicted molar refractivity (Wildman–Crippen MR) is 90.3 cm³/mol. The van der Waals surface area contributed by atoms with Crippen LogP contribution in [0, 0.1) is 11.6 Å². The molecule has 24 heavy (non-hydrogen) atoms. The minimum Gasteiger partial charge on any atom is -0.496 e. The Bertz CT molecular complexity index is 807. The molecule has 0 aliphatic heterocycles. The van der Waals surface area contributed by atoms with E-state index in [0.717, 1.165) is 6.07 Å². The molecule has 0 amide bonds. The average molecular weight is 326 g/mol. The van der Waals surface area contributed by atoms with Gasteiger partial charge in [0.15, 0.2) is 0 Å². The Morgan fingerprint density at radius 3 is 1.42 bits per heavy atom. The summed E-state index contributed by atoms with van der Waals surface area (Å²) >= 11 is 0. The maximum absolute atomic E-state index is 14.4. The predicted octanol–water partition coefficient (Wildman–Crippen LogP) is 5.32. The van der Waals surface area contributed by atoms with Gasteiger partial charge in [-0.1, -0.05) is 36.4 Å². The highest BCUT2D eigenvalue weighted by molar-refractivity contribution is 5.79. The molecule has 3 aromatic rings. The number of hydrogen-bond donors (Lipinski definition) is 0. The lowest BCUT2D eigenvalue weighted by molar-refractivity contribution is 0.416. The first-order valence-electron chi connectivity index (χ1n) is 7.41. The first kappa shape index (κ1) is 16.0. The molecular formula is C20H16F2O2. The molecule has 0 radical (unpaired) electrons. The molecule has 0 bridgehead atoms. The van der Waals surface area contributed by atoms with Gasteiger partial charge < -0.3 is 9.47 Å². The van der Waals surface area contributed by atoms with Crippen LogP contribution in [-0.4, -0.2) is 14.2 Å². The second-order valence-electron chi connectivity index (χ2n) is 5.21. The quantitative estimate of drug-likeness (QED) is 0.646. The zero-order valence-electron chi connectivity index (χ0n) is 13.3. The first-order valence-corrected chi connectivity index (χ1v) is 7.41. The summed E-state index contributed by atoms with van der Waals surface area (Å²) in [4.78, 5) is 0. The molecule has 0 aliphatic rings. The fraction of sp³-hybridized carbons (Fsp3) is 0.100. The smallest absolute Gasteiger partial charge is 0.134 e. The summed E-state index contributed by atoms with van der Waals surface area (Å²) in [6.45, 7) is 0. The van der Waals surface area contributed by atoms with Crippen LogP contribution in [0.2, 0.25) is 0 Å². The topological polar surface area (TPSA) is 18.5 Å². The van der Waals surface area contributed by atoms with Gasteiger partial charge in [0.2, 0.25) is 0 Å². The standard InChI is InChI=1S/C20H16F2O2/c1-23-19-9-5-3-7-13(19)15-11-16(18(22)12-17(15)21)14-8-4-6-10-20(14)24-2/h3-12H,1-2H3. The van der Waals surface area contributed by atoms with Crippen LogP contribution in [0.5, 0.6) is 11.5 Å². The van der Waals surface area contributed by atoms with Crippen LogP contribution in [0.15, 0.2) is 60.7 Å². The summed E-state index contributed by atoms with van der Waals surface area (Å²) in [6.07, 6.45) is 0. The Balaban J connectivity index is 2.24. The molecule has 0 aromatic heterocycles. The third-order valence-electron chi connectivity index (χ3n) is 3.85. The van der Waals surface area contributed by atoms with Gasteiger partial charge in [-0.3, -0.25) is 0 Å². The van der Waals surface area contributed by atoms with Gasteiger partial charge in [0.25, 0.3) is 0 Å². The highest BCUT2D eigenvalue weighted by Crippen LogP contribution is 2.38. The zero-order chi connectivity index (χ0) is 17.1. The van der Waals surface area contributed by atoms with Crippen molar-refractivity contribution in [1.29, 1.82) is 0 Å². The van der Waals surface area contributed by atoms with Gasteiger partial charge in [-0.05, 0) is 18.2 Å². The lowest BCUT2D eigenvalue weighted by Crippen LogP contribution is -1.95. The van der Waals surface area contributed by atoms with E-state index in [1.54, 1.807) is 48.5 Å². The SMILES string of the molecule is COc1ccccc1-c1cc(-c2ccccc2OC)c(F)cc1F. The van der Waals surface area contributed by atoms with Crippen LogP contribution in [-0.2, 0) is 0 Å². The third kappa shape index (κ3) is 2.83. The van der Waals surface area contributed by atoms with E-state index in [1.807, 2.05) is 0 Å². The Labute approximate surface area is 139 Å². The number of methoxy groups -OCH3 is 2. The number of benzene rings is 3. The second-order valence-corrected chi connectivity index (χ2v) is 5.21. The Kier molecular flexibility index (Phi) is 4.47.